The average Bonchev–Trinajstić information content (AvgIpc) is 3.11. The van der Waals surface area contributed by atoms with Crippen LogP contribution in [0.5, 0.6) is 0 Å². The van der Waals surface area contributed by atoms with E-state index in [1.165, 1.54) is 37.1 Å². The molecule has 0 heterocycles. The van der Waals surface area contributed by atoms with Crippen LogP contribution >= 0.6 is 0 Å². The van der Waals surface area contributed by atoms with Crippen LogP contribution in [0, 0.1) is 0 Å². The van der Waals surface area contributed by atoms with Gasteiger partial charge < -0.3 is 10.2 Å². The lowest BCUT2D eigenvalue weighted by Gasteiger charge is -2.26. The summed E-state index contributed by atoms with van der Waals surface area (Å²) in [6.07, 6.45) is 3.96. The second kappa shape index (κ2) is 5.35. The van der Waals surface area contributed by atoms with E-state index in [0.29, 0.717) is 0 Å². The molecule has 0 saturated heterocycles. The summed E-state index contributed by atoms with van der Waals surface area (Å²) in [7, 11) is 2.01. The molecule has 0 spiro atoms. The first-order valence-electron chi connectivity index (χ1n) is 6.36. The third-order valence-corrected chi connectivity index (χ3v) is 3.12. The number of para-hydroxylation sites is 1. The zero-order chi connectivity index (χ0) is 11.4. The molecule has 0 aromatic heterocycles. The van der Waals surface area contributed by atoms with E-state index in [1.54, 1.807) is 0 Å². The van der Waals surface area contributed by atoms with Gasteiger partial charge in [-0.3, -0.25) is 0 Å². The quantitative estimate of drug-likeness (QED) is 0.790. The van der Waals surface area contributed by atoms with E-state index in [-0.39, 0.29) is 0 Å². The van der Waals surface area contributed by atoms with Crippen LogP contribution in [0.1, 0.15) is 31.7 Å². The van der Waals surface area contributed by atoms with Crippen molar-refractivity contribution in [3.05, 3.63) is 29.8 Å². The molecule has 1 fully saturated rings. The van der Waals surface area contributed by atoms with Crippen LogP contribution in [0.2, 0.25) is 0 Å². The van der Waals surface area contributed by atoms with E-state index in [9.17, 15) is 0 Å². The fourth-order valence-corrected chi connectivity index (χ4v) is 2.26. The normalized spacial score (nSPS) is 15.1. The van der Waals surface area contributed by atoms with Crippen LogP contribution in [0.15, 0.2) is 24.3 Å². The Morgan fingerprint density at radius 3 is 2.69 bits per heavy atom. The largest absolute Gasteiger partial charge is 0.368 e. The Balaban J connectivity index is 2.21. The molecular weight excluding hydrogens is 196 g/mol. The van der Waals surface area contributed by atoms with Crippen LogP contribution in [0.4, 0.5) is 5.69 Å². The highest BCUT2D eigenvalue weighted by atomic mass is 15.2. The number of rotatable bonds is 6. The first kappa shape index (κ1) is 11.5. The first-order chi connectivity index (χ1) is 7.86. The van der Waals surface area contributed by atoms with Crippen LogP contribution in [0.25, 0.3) is 0 Å². The summed E-state index contributed by atoms with van der Waals surface area (Å²) in [4.78, 5) is 2.59. The van der Waals surface area contributed by atoms with Gasteiger partial charge in [0.05, 0.1) is 0 Å². The molecule has 0 aliphatic heterocycles. The van der Waals surface area contributed by atoms with Crippen LogP contribution in [-0.2, 0) is 6.54 Å². The molecule has 88 valence electrons. The maximum Gasteiger partial charge on any atom is 0.0414 e. The maximum absolute atomic E-state index is 3.25. The summed E-state index contributed by atoms with van der Waals surface area (Å²) in [6.45, 7) is 4.41. The Bertz CT molecular complexity index is 331. The number of benzene rings is 1. The third kappa shape index (κ3) is 2.56. The Morgan fingerprint density at radius 2 is 2.06 bits per heavy atom. The molecule has 1 aromatic rings. The van der Waals surface area contributed by atoms with Gasteiger partial charge in [-0.2, -0.15) is 0 Å². The number of hydrogen-bond acceptors (Lipinski definition) is 2. The second-order valence-electron chi connectivity index (χ2n) is 4.58. The van der Waals surface area contributed by atoms with Crippen molar-refractivity contribution in [2.24, 2.45) is 0 Å². The minimum atomic E-state index is 0.804. The van der Waals surface area contributed by atoms with Crippen molar-refractivity contribution in [1.29, 1.82) is 0 Å². The van der Waals surface area contributed by atoms with E-state index in [1.807, 2.05) is 7.05 Å². The Morgan fingerprint density at radius 1 is 1.31 bits per heavy atom. The molecule has 0 atom stereocenters. The fourth-order valence-electron chi connectivity index (χ4n) is 2.26. The lowest BCUT2D eigenvalue weighted by Crippen LogP contribution is -2.28. The summed E-state index contributed by atoms with van der Waals surface area (Å²) in [5, 5.41) is 3.25. The third-order valence-electron chi connectivity index (χ3n) is 3.12. The zero-order valence-corrected chi connectivity index (χ0v) is 10.4. The topological polar surface area (TPSA) is 15.3 Å². The molecule has 16 heavy (non-hydrogen) atoms. The Labute approximate surface area is 98.7 Å². The van der Waals surface area contributed by atoms with Crippen molar-refractivity contribution in [3.63, 3.8) is 0 Å². The van der Waals surface area contributed by atoms with E-state index < -0.39 is 0 Å². The zero-order valence-electron chi connectivity index (χ0n) is 10.4. The molecule has 2 nitrogen and oxygen atoms in total. The standard InChI is InChI=1S/C14H22N2/c1-3-10-16(13-8-9-13)14-7-5-4-6-12(14)11-15-2/h4-7,13,15H,3,8-11H2,1-2H3. The van der Waals surface area contributed by atoms with E-state index in [0.717, 1.165) is 12.6 Å². The molecule has 0 unspecified atom stereocenters. The fraction of sp³-hybridized carbons (Fsp3) is 0.571. The predicted molar refractivity (Wildman–Crippen MR) is 69.9 cm³/mol. The van der Waals surface area contributed by atoms with Crippen molar-refractivity contribution in [3.8, 4) is 0 Å². The minimum absolute atomic E-state index is 0.804. The summed E-state index contributed by atoms with van der Waals surface area (Å²) >= 11 is 0. The van der Waals surface area contributed by atoms with Crippen molar-refractivity contribution in [2.45, 2.75) is 38.8 Å². The van der Waals surface area contributed by atoms with Gasteiger partial charge in [0.25, 0.3) is 0 Å². The molecule has 2 heteroatoms. The summed E-state index contributed by atoms with van der Waals surface area (Å²) in [5.74, 6) is 0. The number of nitrogens with one attached hydrogen (secondary N) is 1. The predicted octanol–water partition coefficient (Wildman–Crippen LogP) is 2.78. The maximum atomic E-state index is 3.25. The Hall–Kier alpha value is -1.02. The summed E-state index contributed by atoms with van der Waals surface area (Å²) < 4.78 is 0. The minimum Gasteiger partial charge on any atom is -0.368 e. The van der Waals surface area contributed by atoms with Crippen LogP contribution < -0.4 is 10.2 Å². The first-order valence-corrected chi connectivity index (χ1v) is 6.36. The molecule has 1 aliphatic carbocycles. The smallest absolute Gasteiger partial charge is 0.0414 e. The van der Waals surface area contributed by atoms with Gasteiger partial charge in [0.15, 0.2) is 0 Å². The molecule has 1 N–H and O–H groups in total. The highest BCUT2D eigenvalue weighted by Gasteiger charge is 2.29. The van der Waals surface area contributed by atoms with Crippen LogP contribution in [-0.4, -0.2) is 19.6 Å². The lowest BCUT2D eigenvalue weighted by molar-refractivity contribution is 0.745. The number of hydrogen-bond donors (Lipinski definition) is 1. The van der Waals surface area contributed by atoms with Gasteiger partial charge >= 0.3 is 0 Å². The molecule has 1 aliphatic rings. The monoisotopic (exact) mass is 218 g/mol. The van der Waals surface area contributed by atoms with Gasteiger partial charge in [-0.25, -0.2) is 0 Å². The molecule has 2 rings (SSSR count). The van der Waals surface area contributed by atoms with E-state index in [4.69, 9.17) is 0 Å². The molecule has 1 aromatic carbocycles. The highest BCUT2D eigenvalue weighted by molar-refractivity contribution is 5.55. The van der Waals surface area contributed by atoms with Gasteiger partial charge in [-0.15, -0.1) is 0 Å². The van der Waals surface area contributed by atoms with Gasteiger partial charge in [-0.05, 0) is 37.9 Å². The number of anilines is 1. The van der Waals surface area contributed by atoms with Gasteiger partial charge in [0, 0.05) is 24.8 Å². The van der Waals surface area contributed by atoms with Crippen molar-refractivity contribution >= 4 is 5.69 Å². The second-order valence-corrected chi connectivity index (χ2v) is 4.58. The molecule has 0 amide bonds. The lowest BCUT2D eigenvalue weighted by atomic mass is 10.1. The summed E-state index contributed by atoms with van der Waals surface area (Å²) in [6, 6.07) is 9.59. The molecule has 0 bridgehead atoms. The molecule has 1 saturated carbocycles. The molecule has 0 radical (unpaired) electrons. The average molecular weight is 218 g/mol. The highest BCUT2D eigenvalue weighted by Crippen LogP contribution is 2.33. The van der Waals surface area contributed by atoms with E-state index in [2.05, 4.69) is 41.4 Å². The van der Waals surface area contributed by atoms with Gasteiger partial charge in [0.1, 0.15) is 0 Å². The van der Waals surface area contributed by atoms with Gasteiger partial charge in [0.2, 0.25) is 0 Å². The van der Waals surface area contributed by atoms with Crippen molar-refractivity contribution < 1.29 is 0 Å². The number of nitrogens with zero attached hydrogens (tertiary/aromatic N) is 1. The van der Waals surface area contributed by atoms with Gasteiger partial charge in [-0.1, -0.05) is 25.1 Å². The molecular formula is C14H22N2. The summed E-state index contributed by atoms with van der Waals surface area (Å²) in [5.41, 5.74) is 2.85. The van der Waals surface area contributed by atoms with Crippen molar-refractivity contribution in [2.75, 3.05) is 18.5 Å². The van der Waals surface area contributed by atoms with Crippen LogP contribution in [0.3, 0.4) is 0 Å². The van der Waals surface area contributed by atoms with Crippen molar-refractivity contribution in [1.82, 2.24) is 5.32 Å². The SMILES string of the molecule is CCCN(c1ccccc1CNC)C1CC1. The Kier molecular flexibility index (Phi) is 3.83. The van der Waals surface area contributed by atoms with E-state index >= 15 is 0 Å².